The van der Waals surface area contributed by atoms with Gasteiger partial charge in [-0.05, 0) is 49.6 Å². The second kappa shape index (κ2) is 8.31. The molecule has 1 amide bonds. The maximum Gasteiger partial charge on any atom is 0.412 e. The van der Waals surface area contributed by atoms with Gasteiger partial charge < -0.3 is 14.9 Å². The molecule has 0 aliphatic rings. The van der Waals surface area contributed by atoms with Crippen molar-refractivity contribution in [3.63, 3.8) is 0 Å². The summed E-state index contributed by atoms with van der Waals surface area (Å²) in [7, 11) is 0. The second-order valence-electron chi connectivity index (χ2n) is 5.46. The Morgan fingerprint density at radius 2 is 1.96 bits per heavy atom. The summed E-state index contributed by atoms with van der Waals surface area (Å²) in [6, 6.07) is 11.0. The van der Waals surface area contributed by atoms with Gasteiger partial charge in [-0.15, -0.1) is 0 Å². The number of aryl methyl sites for hydroxylation is 1. The molecule has 0 saturated heterocycles. The van der Waals surface area contributed by atoms with Gasteiger partial charge in [-0.25, -0.2) is 9.18 Å². The lowest BCUT2D eigenvalue weighted by molar-refractivity contribution is 0.0992. The molecule has 0 aliphatic carbocycles. The Hall–Kier alpha value is -2.60. The minimum Gasteiger partial charge on any atom is -0.505 e. The predicted octanol–water partition coefficient (Wildman–Crippen LogP) is 3.90. The zero-order chi connectivity index (χ0) is 17.5. The monoisotopic (exact) mass is 333 g/mol. The third-order valence-electron chi connectivity index (χ3n) is 3.52. The molecular weight excluding hydrogens is 313 g/mol. The lowest BCUT2D eigenvalue weighted by Crippen LogP contribution is -2.18. The van der Waals surface area contributed by atoms with E-state index in [-0.39, 0.29) is 6.61 Å². The van der Waals surface area contributed by atoms with E-state index in [9.17, 15) is 14.3 Å². The summed E-state index contributed by atoms with van der Waals surface area (Å²) in [5.41, 5.74) is 2.07. The van der Waals surface area contributed by atoms with Crippen LogP contribution in [0.4, 0.5) is 14.9 Å². The highest BCUT2D eigenvalue weighted by molar-refractivity contribution is 5.84. The molecule has 2 aromatic carbocycles. The quantitative estimate of drug-likeness (QED) is 0.749. The molecule has 0 bridgehead atoms. The molecule has 1 atom stereocenters. The zero-order valence-corrected chi connectivity index (χ0v) is 13.3. The zero-order valence-electron chi connectivity index (χ0n) is 13.3. The van der Waals surface area contributed by atoms with Gasteiger partial charge in [0.2, 0.25) is 0 Å². The first kappa shape index (κ1) is 17.7. The number of anilines is 1. The van der Waals surface area contributed by atoms with E-state index in [1.54, 1.807) is 12.1 Å². The number of nitrogens with one attached hydrogen (secondary N) is 1. The Bertz CT molecular complexity index is 688. The highest BCUT2D eigenvalue weighted by atomic mass is 19.1. The van der Waals surface area contributed by atoms with Crippen molar-refractivity contribution >= 4 is 11.8 Å². The number of carbonyl (C=O) groups is 1. The Balaban J connectivity index is 2.08. The lowest BCUT2D eigenvalue weighted by Gasteiger charge is -2.18. The number of aliphatic hydroxyl groups is 1. The molecule has 6 heteroatoms. The number of ether oxygens (including phenoxy) is 1. The average molecular weight is 333 g/mol. The molecule has 0 saturated carbocycles. The number of phenols is 1. The molecule has 2 rings (SSSR count). The van der Waals surface area contributed by atoms with Gasteiger partial charge in [0.15, 0.2) is 11.6 Å². The van der Waals surface area contributed by atoms with Gasteiger partial charge in [-0.3, -0.25) is 5.32 Å². The summed E-state index contributed by atoms with van der Waals surface area (Å²) in [6.07, 6.45) is -0.666. The van der Waals surface area contributed by atoms with Crippen LogP contribution in [0.3, 0.4) is 0 Å². The number of hydrogen-bond acceptors (Lipinski definition) is 4. The third-order valence-corrected chi connectivity index (χ3v) is 3.52. The summed E-state index contributed by atoms with van der Waals surface area (Å²) >= 11 is 0. The number of rotatable bonds is 6. The fraction of sp³-hybridized carbons (Fsp3) is 0.278. The van der Waals surface area contributed by atoms with E-state index in [0.717, 1.165) is 11.6 Å². The molecule has 24 heavy (non-hydrogen) atoms. The SMILES string of the molecule is Cc1ccc(NC(=O)O[C@H](CCCO)c2ccc(O)c(F)c2)cc1. The first-order chi connectivity index (χ1) is 11.5. The van der Waals surface area contributed by atoms with E-state index < -0.39 is 23.8 Å². The first-order valence-electron chi connectivity index (χ1n) is 7.63. The van der Waals surface area contributed by atoms with Crippen LogP contribution in [0.15, 0.2) is 42.5 Å². The first-order valence-corrected chi connectivity index (χ1v) is 7.63. The van der Waals surface area contributed by atoms with Gasteiger partial charge in [0, 0.05) is 12.3 Å². The average Bonchev–Trinajstić information content (AvgIpc) is 2.56. The molecule has 0 heterocycles. The fourth-order valence-electron chi connectivity index (χ4n) is 2.21. The van der Waals surface area contributed by atoms with Crippen molar-refractivity contribution in [1.29, 1.82) is 0 Å². The Morgan fingerprint density at radius 1 is 1.25 bits per heavy atom. The Labute approximate surface area is 139 Å². The van der Waals surface area contributed by atoms with Crippen LogP contribution in [0.5, 0.6) is 5.75 Å². The van der Waals surface area contributed by atoms with Crippen LogP contribution in [0.2, 0.25) is 0 Å². The standard InChI is InChI=1S/C18H20FNO4/c1-12-4-7-14(8-5-12)20-18(23)24-17(3-2-10-21)13-6-9-16(22)15(19)11-13/h4-9,11,17,21-22H,2-3,10H2,1H3,(H,20,23)/t17-/m1/s1. The van der Waals surface area contributed by atoms with E-state index in [4.69, 9.17) is 9.84 Å². The molecule has 2 aromatic rings. The molecule has 0 spiro atoms. The van der Waals surface area contributed by atoms with Crippen LogP contribution in [0.1, 0.15) is 30.1 Å². The van der Waals surface area contributed by atoms with Gasteiger partial charge in [-0.2, -0.15) is 0 Å². The molecule has 0 unspecified atom stereocenters. The van der Waals surface area contributed by atoms with Crippen LogP contribution >= 0.6 is 0 Å². The molecule has 0 radical (unpaired) electrons. The third kappa shape index (κ3) is 4.96. The maximum atomic E-state index is 13.5. The highest BCUT2D eigenvalue weighted by Gasteiger charge is 2.18. The number of carbonyl (C=O) groups excluding carboxylic acids is 1. The van der Waals surface area contributed by atoms with Crippen LogP contribution in [0, 0.1) is 12.7 Å². The van der Waals surface area contributed by atoms with Gasteiger partial charge in [-0.1, -0.05) is 23.8 Å². The van der Waals surface area contributed by atoms with E-state index in [2.05, 4.69) is 5.32 Å². The van der Waals surface area contributed by atoms with Crippen molar-refractivity contribution in [2.24, 2.45) is 0 Å². The van der Waals surface area contributed by atoms with Gasteiger partial charge >= 0.3 is 6.09 Å². The van der Waals surface area contributed by atoms with Crippen molar-refractivity contribution < 1.29 is 24.1 Å². The topological polar surface area (TPSA) is 78.8 Å². The Kier molecular flexibility index (Phi) is 6.14. The summed E-state index contributed by atoms with van der Waals surface area (Å²) in [5.74, 6) is -1.26. The number of benzene rings is 2. The van der Waals surface area contributed by atoms with Crippen molar-refractivity contribution in [2.45, 2.75) is 25.9 Å². The van der Waals surface area contributed by atoms with Gasteiger partial charge in [0.05, 0.1) is 0 Å². The molecule has 3 N–H and O–H groups in total. The summed E-state index contributed by atoms with van der Waals surface area (Å²) in [4.78, 5) is 12.1. The van der Waals surface area contributed by atoms with Crippen molar-refractivity contribution in [1.82, 2.24) is 0 Å². The molecular formula is C18H20FNO4. The Morgan fingerprint density at radius 3 is 2.58 bits per heavy atom. The van der Waals surface area contributed by atoms with Crippen LogP contribution in [0.25, 0.3) is 0 Å². The summed E-state index contributed by atoms with van der Waals surface area (Å²) in [6.45, 7) is 1.87. The molecule has 0 aliphatic heterocycles. The van der Waals surface area contributed by atoms with E-state index in [1.807, 2.05) is 19.1 Å². The molecule has 5 nitrogen and oxygen atoms in total. The van der Waals surface area contributed by atoms with Crippen LogP contribution in [-0.4, -0.2) is 22.9 Å². The minimum atomic E-state index is -0.788. The fourth-order valence-corrected chi connectivity index (χ4v) is 2.21. The molecule has 0 fully saturated rings. The highest BCUT2D eigenvalue weighted by Crippen LogP contribution is 2.27. The van der Waals surface area contributed by atoms with Crippen LogP contribution in [-0.2, 0) is 4.74 Å². The minimum absolute atomic E-state index is 0.0694. The van der Waals surface area contributed by atoms with E-state index in [1.165, 1.54) is 12.1 Å². The lowest BCUT2D eigenvalue weighted by atomic mass is 10.0. The van der Waals surface area contributed by atoms with Gasteiger partial charge in [0.25, 0.3) is 0 Å². The molecule has 0 aromatic heterocycles. The van der Waals surface area contributed by atoms with Crippen molar-refractivity contribution in [3.05, 3.63) is 59.4 Å². The van der Waals surface area contributed by atoms with E-state index in [0.29, 0.717) is 24.1 Å². The van der Waals surface area contributed by atoms with Gasteiger partial charge in [0.1, 0.15) is 6.10 Å². The van der Waals surface area contributed by atoms with E-state index >= 15 is 0 Å². The maximum absolute atomic E-state index is 13.5. The number of hydrogen-bond donors (Lipinski definition) is 3. The number of aliphatic hydroxyl groups excluding tert-OH is 1. The van der Waals surface area contributed by atoms with Crippen molar-refractivity contribution in [3.8, 4) is 5.75 Å². The summed E-state index contributed by atoms with van der Waals surface area (Å²) in [5, 5.41) is 20.9. The molecule has 128 valence electrons. The smallest absolute Gasteiger partial charge is 0.412 e. The number of amides is 1. The predicted molar refractivity (Wildman–Crippen MR) is 88.4 cm³/mol. The second-order valence-corrected chi connectivity index (χ2v) is 5.46. The number of aromatic hydroxyl groups is 1. The van der Waals surface area contributed by atoms with Crippen molar-refractivity contribution in [2.75, 3.05) is 11.9 Å². The number of halogens is 1. The number of phenolic OH excluding ortho intramolecular Hbond substituents is 1. The summed E-state index contributed by atoms with van der Waals surface area (Å²) < 4.78 is 18.9. The van der Waals surface area contributed by atoms with Crippen LogP contribution < -0.4 is 5.32 Å². The normalized spacial score (nSPS) is 11.8. The largest absolute Gasteiger partial charge is 0.505 e.